The van der Waals surface area contributed by atoms with Crippen molar-refractivity contribution in [3.05, 3.63) is 17.5 Å². The Morgan fingerprint density at radius 1 is 1.65 bits per heavy atom. The smallest absolute Gasteiger partial charge is 0.317 e. The van der Waals surface area contributed by atoms with Gasteiger partial charge in [-0.05, 0) is 25.7 Å². The number of aliphatic carboxylic acids is 1. The minimum atomic E-state index is -0.757. The minimum Gasteiger partial charge on any atom is -0.480 e. The van der Waals surface area contributed by atoms with E-state index in [2.05, 4.69) is 5.10 Å². The number of hydrogen-bond acceptors (Lipinski definition) is 3. The lowest BCUT2D eigenvalue weighted by molar-refractivity contribution is -0.138. The summed E-state index contributed by atoms with van der Waals surface area (Å²) in [6, 6.07) is 0. The monoisotopic (exact) mass is 237 g/mol. The van der Waals surface area contributed by atoms with Crippen LogP contribution in [-0.4, -0.2) is 38.8 Å². The molecule has 1 N–H and O–H groups in total. The van der Waals surface area contributed by atoms with Crippen LogP contribution in [0.15, 0.2) is 6.20 Å². The van der Waals surface area contributed by atoms with Gasteiger partial charge in [0.05, 0.1) is 12.2 Å². The van der Waals surface area contributed by atoms with Gasteiger partial charge in [0.1, 0.15) is 0 Å². The molecule has 0 unspecified atom stereocenters. The average molecular weight is 237 g/mol. The number of rotatable bonds is 6. The van der Waals surface area contributed by atoms with E-state index in [-0.39, 0.29) is 6.54 Å². The lowest BCUT2D eigenvalue weighted by atomic mass is 10.2. The second-order valence-electron chi connectivity index (χ2n) is 4.92. The molecule has 17 heavy (non-hydrogen) atoms. The Balaban J connectivity index is 1.99. The van der Waals surface area contributed by atoms with Crippen molar-refractivity contribution in [1.82, 2.24) is 14.7 Å². The van der Waals surface area contributed by atoms with Crippen molar-refractivity contribution >= 4 is 5.97 Å². The molecule has 5 nitrogen and oxygen atoms in total. The van der Waals surface area contributed by atoms with E-state index >= 15 is 0 Å². The van der Waals surface area contributed by atoms with Gasteiger partial charge in [0.15, 0.2) is 0 Å². The van der Waals surface area contributed by atoms with Crippen LogP contribution < -0.4 is 0 Å². The summed E-state index contributed by atoms with van der Waals surface area (Å²) in [5, 5.41) is 13.2. The van der Waals surface area contributed by atoms with Gasteiger partial charge < -0.3 is 5.11 Å². The Hall–Kier alpha value is -1.36. The fourth-order valence-electron chi connectivity index (χ4n) is 2.09. The molecule has 0 spiro atoms. The van der Waals surface area contributed by atoms with E-state index in [1.165, 1.54) is 12.8 Å². The molecule has 0 atom stereocenters. The lowest BCUT2D eigenvalue weighted by Gasteiger charge is -2.19. The van der Waals surface area contributed by atoms with Gasteiger partial charge in [0.2, 0.25) is 0 Å². The number of aryl methyl sites for hydroxylation is 2. The summed E-state index contributed by atoms with van der Waals surface area (Å²) in [7, 11) is 1.89. The minimum absolute atomic E-state index is 0.116. The van der Waals surface area contributed by atoms with Crippen LogP contribution >= 0.6 is 0 Å². The molecule has 1 aliphatic carbocycles. The number of hydrogen-bond donors (Lipinski definition) is 1. The summed E-state index contributed by atoms with van der Waals surface area (Å²) in [4.78, 5) is 12.8. The standard InChI is InChI=1S/C12H19N3O2/c1-9-11(6-14(2)13-9)7-15(8-12(16)17)5-10-3-4-10/h6,10H,3-5,7-8H2,1-2H3,(H,16,17). The summed E-state index contributed by atoms with van der Waals surface area (Å²) < 4.78 is 1.78. The Labute approximate surface area is 101 Å². The molecule has 1 fully saturated rings. The molecule has 0 saturated heterocycles. The van der Waals surface area contributed by atoms with Crippen LogP contribution in [0.2, 0.25) is 0 Å². The van der Waals surface area contributed by atoms with Gasteiger partial charge >= 0.3 is 5.97 Å². The van der Waals surface area contributed by atoms with Crippen LogP contribution in [0.3, 0.4) is 0 Å². The normalized spacial score (nSPS) is 15.5. The van der Waals surface area contributed by atoms with Crippen molar-refractivity contribution < 1.29 is 9.90 Å². The van der Waals surface area contributed by atoms with Crippen LogP contribution in [0, 0.1) is 12.8 Å². The lowest BCUT2D eigenvalue weighted by Crippen LogP contribution is -2.31. The van der Waals surface area contributed by atoms with Crippen molar-refractivity contribution in [3.8, 4) is 0 Å². The van der Waals surface area contributed by atoms with Crippen molar-refractivity contribution in [2.45, 2.75) is 26.3 Å². The van der Waals surface area contributed by atoms with Gasteiger partial charge in [-0.2, -0.15) is 5.10 Å². The maximum atomic E-state index is 10.8. The van der Waals surface area contributed by atoms with Gasteiger partial charge in [0, 0.05) is 31.9 Å². The van der Waals surface area contributed by atoms with E-state index < -0.39 is 5.97 Å². The number of nitrogens with zero attached hydrogens (tertiary/aromatic N) is 3. The summed E-state index contributed by atoms with van der Waals surface area (Å²) >= 11 is 0. The fourth-order valence-corrected chi connectivity index (χ4v) is 2.09. The Bertz CT molecular complexity index is 410. The van der Waals surface area contributed by atoms with E-state index in [1.807, 2.05) is 25.1 Å². The molecule has 2 rings (SSSR count). The SMILES string of the molecule is Cc1nn(C)cc1CN(CC(=O)O)CC1CC1. The van der Waals surface area contributed by atoms with Crippen LogP contribution in [0.1, 0.15) is 24.1 Å². The van der Waals surface area contributed by atoms with Gasteiger partial charge in [-0.25, -0.2) is 0 Å². The predicted molar refractivity (Wildman–Crippen MR) is 63.6 cm³/mol. The predicted octanol–water partition coefficient (Wildman–Crippen LogP) is 1.03. The van der Waals surface area contributed by atoms with E-state index in [1.54, 1.807) is 4.68 Å². The van der Waals surface area contributed by atoms with Gasteiger partial charge in [-0.1, -0.05) is 0 Å². The maximum absolute atomic E-state index is 10.8. The second-order valence-corrected chi connectivity index (χ2v) is 4.92. The fraction of sp³-hybridized carbons (Fsp3) is 0.667. The van der Waals surface area contributed by atoms with Crippen molar-refractivity contribution in [2.75, 3.05) is 13.1 Å². The topological polar surface area (TPSA) is 58.4 Å². The molecule has 1 saturated carbocycles. The highest BCUT2D eigenvalue weighted by Crippen LogP contribution is 2.30. The van der Waals surface area contributed by atoms with Crippen molar-refractivity contribution in [2.24, 2.45) is 13.0 Å². The molecule has 0 aliphatic heterocycles. The van der Waals surface area contributed by atoms with Crippen LogP contribution in [-0.2, 0) is 18.4 Å². The van der Waals surface area contributed by atoms with Gasteiger partial charge in [0.25, 0.3) is 0 Å². The zero-order valence-electron chi connectivity index (χ0n) is 10.4. The number of carboxylic acid groups (broad SMARTS) is 1. The highest BCUT2D eigenvalue weighted by molar-refractivity contribution is 5.69. The third-order valence-corrected chi connectivity index (χ3v) is 3.08. The number of aromatic nitrogens is 2. The molecule has 1 aromatic rings. The van der Waals surface area contributed by atoms with E-state index in [0.29, 0.717) is 12.5 Å². The molecule has 0 bridgehead atoms. The summed E-state index contributed by atoms with van der Waals surface area (Å²) in [5.41, 5.74) is 2.10. The number of carbonyl (C=O) groups is 1. The molecule has 0 radical (unpaired) electrons. The third-order valence-electron chi connectivity index (χ3n) is 3.08. The van der Waals surface area contributed by atoms with Crippen molar-refractivity contribution in [1.29, 1.82) is 0 Å². The summed E-state index contributed by atoms with van der Waals surface area (Å²) in [5.74, 6) is -0.0569. The zero-order valence-corrected chi connectivity index (χ0v) is 10.4. The molecule has 1 heterocycles. The van der Waals surface area contributed by atoms with Gasteiger partial charge in [-0.3, -0.25) is 14.4 Å². The Morgan fingerprint density at radius 3 is 2.82 bits per heavy atom. The average Bonchev–Trinajstić information content (AvgIpc) is 2.93. The Morgan fingerprint density at radius 2 is 2.35 bits per heavy atom. The zero-order chi connectivity index (χ0) is 12.4. The Kier molecular flexibility index (Phi) is 3.47. The molecule has 94 valence electrons. The summed E-state index contributed by atoms with van der Waals surface area (Å²) in [6.07, 6.45) is 4.45. The second kappa shape index (κ2) is 4.87. The first kappa shape index (κ1) is 12.1. The molecule has 1 aromatic heterocycles. The molecule has 1 aliphatic rings. The largest absolute Gasteiger partial charge is 0.480 e. The first-order valence-electron chi connectivity index (χ1n) is 5.98. The molecule has 0 amide bonds. The molecular formula is C12H19N3O2. The molecule has 5 heteroatoms. The first-order valence-corrected chi connectivity index (χ1v) is 5.98. The number of carboxylic acids is 1. The highest BCUT2D eigenvalue weighted by Gasteiger charge is 2.25. The van der Waals surface area contributed by atoms with E-state index in [9.17, 15) is 4.79 Å². The van der Waals surface area contributed by atoms with Crippen LogP contribution in [0.5, 0.6) is 0 Å². The van der Waals surface area contributed by atoms with E-state index in [4.69, 9.17) is 5.11 Å². The van der Waals surface area contributed by atoms with Gasteiger partial charge in [-0.15, -0.1) is 0 Å². The van der Waals surface area contributed by atoms with Crippen molar-refractivity contribution in [3.63, 3.8) is 0 Å². The van der Waals surface area contributed by atoms with E-state index in [0.717, 1.165) is 17.8 Å². The highest BCUT2D eigenvalue weighted by atomic mass is 16.4. The first-order chi connectivity index (χ1) is 8.04. The maximum Gasteiger partial charge on any atom is 0.317 e. The van der Waals surface area contributed by atoms with Crippen LogP contribution in [0.4, 0.5) is 0 Å². The molecular weight excluding hydrogens is 218 g/mol. The quantitative estimate of drug-likeness (QED) is 0.802. The van der Waals surface area contributed by atoms with Crippen LogP contribution in [0.25, 0.3) is 0 Å². The summed E-state index contributed by atoms with van der Waals surface area (Å²) in [6.45, 7) is 3.65. The third kappa shape index (κ3) is 3.56. The molecule has 0 aromatic carbocycles.